The molecule has 6 nitrogen and oxygen atoms in total. The van der Waals surface area contributed by atoms with Gasteiger partial charge in [0.05, 0.1) is 6.04 Å². The van der Waals surface area contributed by atoms with E-state index in [1.807, 2.05) is 6.07 Å². The molecule has 2 saturated carbocycles. The zero-order valence-corrected chi connectivity index (χ0v) is 22.7. The molecule has 6 rings (SSSR count). The maximum atomic E-state index is 13.1. The van der Waals surface area contributed by atoms with Gasteiger partial charge in [0.2, 0.25) is 11.8 Å². The van der Waals surface area contributed by atoms with Crippen LogP contribution in [0.2, 0.25) is 0 Å². The highest BCUT2D eigenvalue weighted by atomic mass is 16.2. The van der Waals surface area contributed by atoms with Crippen molar-refractivity contribution in [3.8, 4) is 0 Å². The third-order valence-electron chi connectivity index (χ3n) is 9.49. The summed E-state index contributed by atoms with van der Waals surface area (Å²) in [5.74, 6) is 1.09. The summed E-state index contributed by atoms with van der Waals surface area (Å²) in [5, 5.41) is 2.38. The van der Waals surface area contributed by atoms with Crippen LogP contribution >= 0.6 is 0 Å². The van der Waals surface area contributed by atoms with Crippen LogP contribution in [0.5, 0.6) is 0 Å². The van der Waals surface area contributed by atoms with Crippen LogP contribution in [-0.4, -0.2) is 40.9 Å². The average molecular weight is 526 g/mol. The zero-order chi connectivity index (χ0) is 26.8. The molecule has 0 bridgehead atoms. The van der Waals surface area contributed by atoms with E-state index in [-0.39, 0.29) is 24.1 Å². The summed E-state index contributed by atoms with van der Waals surface area (Å²) >= 11 is 0. The molecule has 0 spiro atoms. The Kier molecular flexibility index (Phi) is 7.62. The van der Waals surface area contributed by atoms with E-state index in [0.717, 1.165) is 18.4 Å². The van der Waals surface area contributed by atoms with Gasteiger partial charge in [-0.15, -0.1) is 0 Å². The molecule has 4 aliphatic rings. The van der Waals surface area contributed by atoms with Gasteiger partial charge in [0.15, 0.2) is 0 Å². The Labute approximate surface area is 231 Å². The number of rotatable bonds is 6. The van der Waals surface area contributed by atoms with Crippen LogP contribution < -0.4 is 5.32 Å². The van der Waals surface area contributed by atoms with Crippen LogP contribution in [0.25, 0.3) is 0 Å². The second-order valence-electron chi connectivity index (χ2n) is 12.0. The third-order valence-corrected chi connectivity index (χ3v) is 9.49. The summed E-state index contributed by atoms with van der Waals surface area (Å²) < 4.78 is 0. The fourth-order valence-corrected chi connectivity index (χ4v) is 7.24. The number of nitrogens with zero attached hydrogens (tertiary/aromatic N) is 2. The first-order chi connectivity index (χ1) is 19.0. The highest BCUT2D eigenvalue weighted by Gasteiger charge is 2.39. The minimum atomic E-state index is -0.564. The Hall–Kier alpha value is -3.28. The quantitative estimate of drug-likeness (QED) is 0.394. The van der Waals surface area contributed by atoms with E-state index < -0.39 is 6.04 Å². The zero-order valence-electron chi connectivity index (χ0n) is 22.7. The lowest BCUT2D eigenvalue weighted by atomic mass is 9.78. The van der Waals surface area contributed by atoms with Crippen LogP contribution in [0.3, 0.4) is 0 Å². The van der Waals surface area contributed by atoms with Gasteiger partial charge < -0.3 is 4.90 Å². The summed E-state index contributed by atoms with van der Waals surface area (Å²) in [6.45, 7) is 0.437. The molecule has 0 aromatic heterocycles. The lowest BCUT2D eigenvalue weighted by Crippen LogP contribution is -2.52. The maximum Gasteiger partial charge on any atom is 0.255 e. The number of amides is 3. The molecule has 39 heavy (non-hydrogen) atoms. The molecule has 3 fully saturated rings. The number of aliphatic imine (C=N–C) groups is 1. The monoisotopic (exact) mass is 525 g/mol. The Morgan fingerprint density at radius 1 is 0.897 bits per heavy atom. The first-order valence-corrected chi connectivity index (χ1v) is 14.9. The van der Waals surface area contributed by atoms with E-state index in [1.165, 1.54) is 56.1 Å². The molecule has 2 aromatic carbocycles. The number of benzene rings is 2. The molecule has 204 valence electrons. The first kappa shape index (κ1) is 26.0. The summed E-state index contributed by atoms with van der Waals surface area (Å²) in [6.07, 6.45) is 13.8. The number of hydrogen-bond acceptors (Lipinski definition) is 4. The van der Waals surface area contributed by atoms with Gasteiger partial charge in [0.25, 0.3) is 5.91 Å². The predicted octanol–water partition coefficient (Wildman–Crippen LogP) is 5.59. The molecule has 2 aliphatic heterocycles. The number of fused-ring (bicyclic) bond motifs is 1. The van der Waals surface area contributed by atoms with Gasteiger partial charge in [0.1, 0.15) is 6.04 Å². The minimum Gasteiger partial charge on any atom is -0.322 e. The molecule has 2 aliphatic carbocycles. The van der Waals surface area contributed by atoms with Crippen LogP contribution in [0.15, 0.2) is 53.5 Å². The molecule has 6 heteroatoms. The molecular formula is C33H39N3O3. The molecule has 1 unspecified atom stereocenters. The smallest absolute Gasteiger partial charge is 0.255 e. The largest absolute Gasteiger partial charge is 0.322 e. The van der Waals surface area contributed by atoms with Crippen molar-refractivity contribution in [2.45, 2.75) is 95.2 Å². The van der Waals surface area contributed by atoms with E-state index in [2.05, 4.69) is 54.0 Å². The van der Waals surface area contributed by atoms with Gasteiger partial charge in [-0.1, -0.05) is 55.3 Å². The summed E-state index contributed by atoms with van der Waals surface area (Å²) in [4.78, 5) is 43.8. The standard InChI is InChI=1S/C33H39N3O3/c37-31-17-16-30(32(38)35-31)36-21-27-19-23(12-15-28(27)33(36)39)18-26-8-4-5-9-29(26)34-20-22-10-13-25(14-11-22)24-6-2-1-3-7-24/h1-3,6-7,12,15,19-20,22,25-26,29-30H,4-5,8-11,13-14,16-18,21H2,(H,35,37,38)/b34-20-/t22?,25?,26-,29+,30?/m1/s1. The second-order valence-corrected chi connectivity index (χ2v) is 12.0. The molecule has 1 saturated heterocycles. The SMILES string of the molecule is O=C1CCC(N2Cc3cc(C[C@H]4CCCC[C@@H]4/N=C\C4CCC(c5ccccc5)CC4)ccc3C2=O)C(=O)N1. The van der Waals surface area contributed by atoms with Crippen molar-refractivity contribution in [1.82, 2.24) is 10.2 Å². The molecule has 2 aromatic rings. The first-order valence-electron chi connectivity index (χ1n) is 14.9. The Morgan fingerprint density at radius 2 is 1.69 bits per heavy atom. The van der Waals surface area contributed by atoms with Gasteiger partial charge in [-0.05, 0) is 91.9 Å². The van der Waals surface area contributed by atoms with Crippen LogP contribution in [0, 0.1) is 11.8 Å². The Morgan fingerprint density at radius 3 is 2.49 bits per heavy atom. The van der Waals surface area contributed by atoms with Crippen LogP contribution in [0.1, 0.15) is 97.2 Å². The number of carbonyl (C=O) groups excluding carboxylic acids is 3. The normalized spacial score (nSPS) is 29.5. The number of imide groups is 1. The number of piperidine rings is 1. The van der Waals surface area contributed by atoms with Crippen LogP contribution in [0.4, 0.5) is 0 Å². The molecule has 2 heterocycles. The molecule has 3 atom stereocenters. The molecule has 1 N–H and O–H groups in total. The van der Waals surface area contributed by atoms with E-state index >= 15 is 0 Å². The lowest BCUT2D eigenvalue weighted by Gasteiger charge is -2.30. The fraction of sp³-hybridized carbons (Fsp3) is 0.515. The van der Waals surface area contributed by atoms with Crippen molar-refractivity contribution >= 4 is 23.9 Å². The average Bonchev–Trinajstić information content (AvgIpc) is 3.28. The third kappa shape index (κ3) is 5.70. The minimum absolute atomic E-state index is 0.104. The highest BCUT2D eigenvalue weighted by Crippen LogP contribution is 2.36. The highest BCUT2D eigenvalue weighted by molar-refractivity contribution is 6.05. The van der Waals surface area contributed by atoms with E-state index in [4.69, 9.17) is 4.99 Å². The predicted molar refractivity (Wildman–Crippen MR) is 152 cm³/mol. The molecule has 3 amide bonds. The molecular weight excluding hydrogens is 486 g/mol. The van der Waals surface area contributed by atoms with Gasteiger partial charge in [0, 0.05) is 24.7 Å². The maximum absolute atomic E-state index is 13.1. The lowest BCUT2D eigenvalue weighted by molar-refractivity contribution is -0.136. The van der Waals surface area contributed by atoms with Gasteiger partial charge >= 0.3 is 0 Å². The van der Waals surface area contributed by atoms with E-state index in [1.54, 1.807) is 4.90 Å². The molecule has 0 radical (unpaired) electrons. The summed E-state index contributed by atoms with van der Waals surface area (Å²) in [7, 11) is 0. The van der Waals surface area contributed by atoms with Crippen molar-refractivity contribution in [3.63, 3.8) is 0 Å². The van der Waals surface area contributed by atoms with E-state index in [0.29, 0.717) is 42.3 Å². The van der Waals surface area contributed by atoms with E-state index in [9.17, 15) is 14.4 Å². The van der Waals surface area contributed by atoms with Crippen molar-refractivity contribution in [3.05, 3.63) is 70.8 Å². The van der Waals surface area contributed by atoms with Crippen LogP contribution in [-0.2, 0) is 22.6 Å². The summed E-state index contributed by atoms with van der Waals surface area (Å²) in [5.41, 5.74) is 4.42. The number of hydrogen-bond donors (Lipinski definition) is 1. The van der Waals surface area contributed by atoms with Crippen molar-refractivity contribution < 1.29 is 14.4 Å². The number of carbonyl (C=O) groups is 3. The number of nitrogens with one attached hydrogen (secondary N) is 1. The Balaban J connectivity index is 1.07. The van der Waals surface area contributed by atoms with Gasteiger partial charge in [-0.2, -0.15) is 0 Å². The topological polar surface area (TPSA) is 78.8 Å². The van der Waals surface area contributed by atoms with Crippen molar-refractivity contribution in [2.75, 3.05) is 0 Å². The van der Waals surface area contributed by atoms with Crippen molar-refractivity contribution in [2.24, 2.45) is 16.8 Å². The Bertz CT molecular complexity index is 1250. The summed E-state index contributed by atoms with van der Waals surface area (Å²) in [6, 6.07) is 16.9. The van der Waals surface area contributed by atoms with Gasteiger partial charge in [-0.25, -0.2) is 0 Å². The van der Waals surface area contributed by atoms with Gasteiger partial charge in [-0.3, -0.25) is 24.7 Å². The van der Waals surface area contributed by atoms with Crippen molar-refractivity contribution in [1.29, 1.82) is 0 Å². The second kappa shape index (κ2) is 11.4. The fourth-order valence-electron chi connectivity index (χ4n) is 7.24.